The molecule has 4 aromatic rings. The molecule has 30 heavy (non-hydrogen) atoms. The summed E-state index contributed by atoms with van der Waals surface area (Å²) in [6.45, 7) is 3.90. The van der Waals surface area contributed by atoms with Gasteiger partial charge in [-0.25, -0.2) is 4.98 Å². The quantitative estimate of drug-likeness (QED) is 0.342. The van der Waals surface area contributed by atoms with Gasteiger partial charge < -0.3 is 8.75 Å². The van der Waals surface area contributed by atoms with Gasteiger partial charge in [0, 0.05) is 18.0 Å². The van der Waals surface area contributed by atoms with Crippen LogP contribution in [-0.4, -0.2) is 32.6 Å². The normalized spacial score (nSPS) is 11.7. The molecular formula is C19H16ClN5O4S. The van der Waals surface area contributed by atoms with Crippen LogP contribution in [0.2, 0.25) is 5.15 Å². The predicted molar refractivity (Wildman–Crippen MR) is 109 cm³/mol. The van der Waals surface area contributed by atoms with E-state index < -0.39 is 21.7 Å². The summed E-state index contributed by atoms with van der Waals surface area (Å²) in [5.74, 6) is 0.143. The number of rotatable bonds is 5. The Labute approximate surface area is 176 Å². The summed E-state index contributed by atoms with van der Waals surface area (Å²) in [6, 6.07) is 10.5. The molecule has 0 saturated carbocycles. The highest BCUT2D eigenvalue weighted by atomic mass is 35.5. The zero-order chi connectivity index (χ0) is 21.5. The fraction of sp³-hybridized carbons (Fsp3) is 0.158. The Morgan fingerprint density at radius 1 is 1.10 bits per heavy atom. The molecular weight excluding hydrogens is 430 g/mol. The van der Waals surface area contributed by atoms with Gasteiger partial charge in [-0.2, -0.15) is 17.9 Å². The lowest BCUT2D eigenvalue weighted by Gasteiger charge is -2.11. The monoisotopic (exact) mass is 445 g/mol. The second-order valence-corrected chi connectivity index (χ2v) is 8.59. The summed E-state index contributed by atoms with van der Waals surface area (Å²) >= 11 is 5.83. The topological polar surface area (TPSA) is 108 Å². The molecule has 0 bridgehead atoms. The Morgan fingerprint density at radius 3 is 2.50 bits per heavy atom. The van der Waals surface area contributed by atoms with Crippen molar-refractivity contribution in [1.82, 2.24) is 24.1 Å². The Balaban J connectivity index is 1.74. The van der Waals surface area contributed by atoms with Crippen LogP contribution in [0.4, 0.5) is 0 Å². The Kier molecular flexibility index (Phi) is 5.04. The molecule has 0 atom stereocenters. The van der Waals surface area contributed by atoms with Crippen LogP contribution in [0.1, 0.15) is 16.8 Å². The van der Waals surface area contributed by atoms with E-state index in [1.165, 1.54) is 18.2 Å². The van der Waals surface area contributed by atoms with Crippen molar-refractivity contribution in [2.45, 2.75) is 25.3 Å². The van der Waals surface area contributed by atoms with Gasteiger partial charge in [0.2, 0.25) is 5.78 Å². The standard InChI is InChI=1S/C19H16ClN5O4S/c1-12-3-6-15(7-4-12)30(27,28)29-18-22-19-24(11-14-5-8-16(20)21-10-14)13(2)9-17(26)25(19)23-18/h3-10H,11H2,1-2H3. The Hall–Kier alpha value is -3.24. The van der Waals surface area contributed by atoms with Crippen molar-refractivity contribution in [3.8, 4) is 6.01 Å². The first-order chi connectivity index (χ1) is 14.2. The van der Waals surface area contributed by atoms with Gasteiger partial charge in [-0.15, -0.1) is 5.10 Å². The number of halogens is 1. The molecule has 11 heteroatoms. The molecule has 0 saturated heterocycles. The van der Waals surface area contributed by atoms with Gasteiger partial charge in [0.05, 0.1) is 6.54 Å². The lowest BCUT2D eigenvalue weighted by molar-refractivity contribution is 0.464. The van der Waals surface area contributed by atoms with Gasteiger partial charge >= 0.3 is 16.1 Å². The summed E-state index contributed by atoms with van der Waals surface area (Å²) in [7, 11) is -4.15. The molecule has 0 radical (unpaired) electrons. The van der Waals surface area contributed by atoms with Gasteiger partial charge in [0.25, 0.3) is 5.56 Å². The summed E-state index contributed by atoms with van der Waals surface area (Å²) in [5, 5.41) is 4.29. The molecule has 0 spiro atoms. The van der Waals surface area contributed by atoms with Crippen LogP contribution in [0.3, 0.4) is 0 Å². The number of fused-ring (bicyclic) bond motifs is 1. The second-order valence-electron chi connectivity index (χ2n) is 6.66. The van der Waals surface area contributed by atoms with Gasteiger partial charge in [-0.3, -0.25) is 4.79 Å². The summed E-state index contributed by atoms with van der Waals surface area (Å²) in [5.41, 5.74) is 1.88. The zero-order valence-corrected chi connectivity index (χ0v) is 17.6. The first kappa shape index (κ1) is 20.0. The van der Waals surface area contributed by atoms with E-state index in [0.717, 1.165) is 15.6 Å². The third-order valence-corrected chi connectivity index (χ3v) is 5.84. The zero-order valence-electron chi connectivity index (χ0n) is 16.0. The van der Waals surface area contributed by atoms with E-state index in [0.29, 0.717) is 17.4 Å². The Morgan fingerprint density at radius 2 is 1.83 bits per heavy atom. The molecule has 4 rings (SSSR count). The second kappa shape index (κ2) is 7.54. The molecule has 154 valence electrons. The highest BCUT2D eigenvalue weighted by Gasteiger charge is 2.21. The fourth-order valence-electron chi connectivity index (χ4n) is 2.85. The van der Waals surface area contributed by atoms with Gasteiger partial charge in [-0.05, 0) is 37.6 Å². The van der Waals surface area contributed by atoms with Gasteiger partial charge in [0.1, 0.15) is 10.0 Å². The largest absolute Gasteiger partial charge is 0.354 e. The predicted octanol–water partition coefficient (Wildman–Crippen LogP) is 2.37. The number of aromatic nitrogens is 5. The Bertz CT molecular complexity index is 1390. The molecule has 0 aliphatic rings. The van der Waals surface area contributed by atoms with E-state index >= 15 is 0 Å². The van der Waals surface area contributed by atoms with Crippen molar-refractivity contribution < 1.29 is 12.6 Å². The number of hydrogen-bond acceptors (Lipinski definition) is 7. The van der Waals surface area contributed by atoms with Crippen molar-refractivity contribution in [3.05, 3.63) is 81.0 Å². The van der Waals surface area contributed by atoms with Crippen molar-refractivity contribution in [3.63, 3.8) is 0 Å². The highest BCUT2D eigenvalue weighted by molar-refractivity contribution is 7.87. The maximum Gasteiger partial charge on any atom is 0.354 e. The van der Waals surface area contributed by atoms with Crippen LogP contribution in [0, 0.1) is 13.8 Å². The fourth-order valence-corrected chi connectivity index (χ4v) is 3.79. The number of benzene rings is 1. The maximum absolute atomic E-state index is 12.5. The van der Waals surface area contributed by atoms with Crippen LogP contribution in [0.5, 0.6) is 6.01 Å². The molecule has 3 heterocycles. The molecule has 1 aromatic carbocycles. The minimum absolute atomic E-state index is 0.0365. The summed E-state index contributed by atoms with van der Waals surface area (Å²) < 4.78 is 32.8. The molecule has 0 amide bonds. The molecule has 0 fully saturated rings. The van der Waals surface area contributed by atoms with Crippen molar-refractivity contribution in [2.75, 3.05) is 0 Å². The molecule has 3 aromatic heterocycles. The smallest absolute Gasteiger partial charge is 0.338 e. The molecule has 0 aliphatic carbocycles. The van der Waals surface area contributed by atoms with Crippen molar-refractivity contribution in [1.29, 1.82) is 0 Å². The third-order valence-electron chi connectivity index (χ3n) is 4.40. The van der Waals surface area contributed by atoms with Crippen LogP contribution in [0.25, 0.3) is 5.78 Å². The lowest BCUT2D eigenvalue weighted by Crippen LogP contribution is -2.20. The van der Waals surface area contributed by atoms with E-state index in [1.807, 2.05) is 6.92 Å². The van der Waals surface area contributed by atoms with Crippen LogP contribution < -0.4 is 9.74 Å². The summed E-state index contributed by atoms with van der Waals surface area (Å²) in [4.78, 5) is 20.5. The SMILES string of the molecule is Cc1ccc(S(=O)(=O)Oc2nc3n(Cc4ccc(Cl)nc4)c(C)cc(=O)n3n2)cc1. The summed E-state index contributed by atoms with van der Waals surface area (Å²) in [6.07, 6.45) is 1.60. The molecule has 0 aliphatic heterocycles. The number of pyridine rings is 1. The van der Waals surface area contributed by atoms with Gasteiger partial charge in [-0.1, -0.05) is 35.4 Å². The molecule has 9 nitrogen and oxygen atoms in total. The van der Waals surface area contributed by atoms with Crippen LogP contribution >= 0.6 is 11.6 Å². The number of nitrogens with zero attached hydrogens (tertiary/aromatic N) is 5. The third kappa shape index (κ3) is 3.91. The maximum atomic E-state index is 12.5. The number of hydrogen-bond donors (Lipinski definition) is 0. The highest BCUT2D eigenvalue weighted by Crippen LogP contribution is 2.18. The van der Waals surface area contributed by atoms with E-state index in [-0.39, 0.29) is 10.7 Å². The van der Waals surface area contributed by atoms with E-state index in [9.17, 15) is 13.2 Å². The van der Waals surface area contributed by atoms with E-state index in [1.54, 1.807) is 42.0 Å². The average molecular weight is 446 g/mol. The van der Waals surface area contributed by atoms with Crippen LogP contribution in [0.15, 0.2) is 58.4 Å². The first-order valence-corrected chi connectivity index (χ1v) is 10.6. The minimum atomic E-state index is -4.15. The van der Waals surface area contributed by atoms with Crippen molar-refractivity contribution in [2.24, 2.45) is 0 Å². The van der Waals surface area contributed by atoms with Crippen LogP contribution in [-0.2, 0) is 16.7 Å². The van der Waals surface area contributed by atoms with Crippen molar-refractivity contribution >= 4 is 27.5 Å². The van der Waals surface area contributed by atoms with Gasteiger partial charge in [0.15, 0.2) is 0 Å². The van der Waals surface area contributed by atoms with E-state index in [4.69, 9.17) is 15.8 Å². The minimum Gasteiger partial charge on any atom is -0.338 e. The number of aryl methyl sites for hydroxylation is 2. The average Bonchev–Trinajstić information content (AvgIpc) is 3.10. The molecule has 0 N–H and O–H groups in total. The lowest BCUT2D eigenvalue weighted by atomic mass is 10.2. The first-order valence-electron chi connectivity index (χ1n) is 8.82. The van der Waals surface area contributed by atoms with E-state index in [2.05, 4.69) is 15.1 Å². The molecule has 0 unspecified atom stereocenters.